The number of carbonyl (C=O) groups is 2. The van der Waals surface area contributed by atoms with E-state index in [1.807, 2.05) is 72.8 Å². The minimum absolute atomic E-state index is 0.0159. The second-order valence-corrected chi connectivity index (χ2v) is 9.65. The van der Waals surface area contributed by atoms with Crippen molar-refractivity contribution >= 4 is 22.7 Å². The number of para-hydroxylation sites is 1. The van der Waals surface area contributed by atoms with Crippen molar-refractivity contribution in [1.82, 2.24) is 15.2 Å². The molecule has 1 heterocycles. The molecule has 1 N–H and O–H groups in total. The van der Waals surface area contributed by atoms with Gasteiger partial charge in [-0.2, -0.15) is 0 Å². The Balaban J connectivity index is 1.57. The van der Waals surface area contributed by atoms with Crippen LogP contribution in [0, 0.1) is 5.92 Å². The Morgan fingerprint density at radius 2 is 1.56 bits per heavy atom. The third-order valence-corrected chi connectivity index (χ3v) is 7.00. The molecule has 1 aromatic heterocycles. The number of hydrogen-bond donors (Lipinski definition) is 1. The van der Waals surface area contributed by atoms with Crippen LogP contribution in [0.15, 0.2) is 84.9 Å². The zero-order valence-electron chi connectivity index (χ0n) is 20.8. The van der Waals surface area contributed by atoms with Gasteiger partial charge in [-0.25, -0.2) is 4.98 Å². The summed E-state index contributed by atoms with van der Waals surface area (Å²) >= 11 is 0. The Bertz CT molecular complexity index is 1380. The van der Waals surface area contributed by atoms with E-state index in [0.717, 1.165) is 51.7 Å². The third kappa shape index (κ3) is 5.15. The molecule has 3 aromatic carbocycles. The molecular formula is C31H31N3O2. The van der Waals surface area contributed by atoms with Gasteiger partial charge in [-0.15, -0.1) is 0 Å². The van der Waals surface area contributed by atoms with Gasteiger partial charge in [-0.3, -0.25) is 9.59 Å². The molecule has 0 aliphatic heterocycles. The number of benzene rings is 3. The molecule has 0 saturated heterocycles. The summed E-state index contributed by atoms with van der Waals surface area (Å²) in [6.07, 6.45) is 2.48. The highest BCUT2D eigenvalue weighted by Crippen LogP contribution is 2.41. The van der Waals surface area contributed by atoms with E-state index in [9.17, 15) is 9.59 Å². The molecule has 1 atom stereocenters. The smallest absolute Gasteiger partial charge is 0.224 e. The van der Waals surface area contributed by atoms with Gasteiger partial charge < -0.3 is 10.2 Å². The predicted octanol–water partition coefficient (Wildman–Crippen LogP) is 5.69. The highest BCUT2D eigenvalue weighted by molar-refractivity contribution is 5.92. The first-order valence-electron chi connectivity index (χ1n) is 12.5. The van der Waals surface area contributed by atoms with E-state index in [1.54, 1.807) is 18.9 Å². The summed E-state index contributed by atoms with van der Waals surface area (Å²) in [5, 5.41) is 4.28. The molecule has 182 valence electrons. The maximum atomic E-state index is 13.6. The minimum atomic E-state index is -0.0320. The summed E-state index contributed by atoms with van der Waals surface area (Å²) in [7, 11) is 1.79. The van der Waals surface area contributed by atoms with E-state index in [4.69, 9.17) is 4.98 Å². The molecular weight excluding hydrogens is 446 g/mol. The van der Waals surface area contributed by atoms with Crippen molar-refractivity contribution in [2.45, 2.75) is 38.8 Å². The van der Waals surface area contributed by atoms with Crippen molar-refractivity contribution < 1.29 is 9.59 Å². The lowest BCUT2D eigenvalue weighted by Crippen LogP contribution is -2.32. The van der Waals surface area contributed by atoms with Gasteiger partial charge in [0.2, 0.25) is 11.8 Å². The number of nitrogens with one attached hydrogen (secondary N) is 1. The second kappa shape index (κ2) is 10.3. The van der Waals surface area contributed by atoms with Crippen LogP contribution in [0.5, 0.6) is 0 Å². The summed E-state index contributed by atoms with van der Waals surface area (Å²) in [4.78, 5) is 32.5. The third-order valence-electron chi connectivity index (χ3n) is 7.00. The molecule has 5 heteroatoms. The minimum Gasteiger partial charge on any atom is -0.349 e. The summed E-state index contributed by atoms with van der Waals surface area (Å²) in [6.45, 7) is 1.94. The maximum absolute atomic E-state index is 13.6. The summed E-state index contributed by atoms with van der Waals surface area (Å²) in [5.41, 5.74) is 5.61. The molecule has 2 amide bonds. The van der Waals surface area contributed by atoms with Crippen LogP contribution in [0.4, 0.5) is 0 Å². The van der Waals surface area contributed by atoms with E-state index >= 15 is 0 Å². The molecule has 5 nitrogen and oxygen atoms in total. The fourth-order valence-corrected chi connectivity index (χ4v) is 4.82. The summed E-state index contributed by atoms with van der Waals surface area (Å²) < 4.78 is 0. The quantitative estimate of drug-likeness (QED) is 0.355. The van der Waals surface area contributed by atoms with Gasteiger partial charge in [0.25, 0.3) is 0 Å². The molecule has 5 rings (SSSR count). The molecule has 36 heavy (non-hydrogen) atoms. The number of rotatable bonds is 8. The van der Waals surface area contributed by atoms with E-state index in [2.05, 4.69) is 17.4 Å². The van der Waals surface area contributed by atoms with Crippen LogP contribution < -0.4 is 5.32 Å². The van der Waals surface area contributed by atoms with Crippen molar-refractivity contribution in [2.75, 3.05) is 7.05 Å². The first kappa shape index (κ1) is 23.7. The van der Waals surface area contributed by atoms with Gasteiger partial charge in [0.1, 0.15) is 0 Å². The van der Waals surface area contributed by atoms with Crippen molar-refractivity contribution in [3.8, 4) is 11.3 Å². The molecule has 1 aliphatic rings. The fourth-order valence-electron chi connectivity index (χ4n) is 4.82. The standard InChI is InChI=1S/C31H31N3O2/c1-21(35)34(2)20-27-26(19-29(36)33-30(24-17-18-24)22-11-5-3-6-12-22)25-15-9-10-16-28(25)32-31(27)23-13-7-4-8-14-23/h3-16,24,30H,17-20H2,1-2H3,(H,33,36)/t30-/m1/s1. The number of aromatic nitrogens is 1. The number of amides is 2. The van der Waals surface area contributed by atoms with Gasteiger partial charge in [0.15, 0.2) is 0 Å². The van der Waals surface area contributed by atoms with Gasteiger partial charge >= 0.3 is 0 Å². The lowest BCUT2D eigenvalue weighted by Gasteiger charge is -2.23. The number of fused-ring (bicyclic) bond motifs is 1. The maximum Gasteiger partial charge on any atom is 0.224 e. The summed E-state index contributed by atoms with van der Waals surface area (Å²) in [6, 6.07) is 28.2. The number of hydrogen-bond acceptors (Lipinski definition) is 3. The Hall–Kier alpha value is -3.99. The Kier molecular flexibility index (Phi) is 6.81. The van der Waals surface area contributed by atoms with Crippen molar-refractivity contribution in [3.63, 3.8) is 0 Å². The van der Waals surface area contributed by atoms with Crippen molar-refractivity contribution in [2.24, 2.45) is 5.92 Å². The number of pyridine rings is 1. The average Bonchev–Trinajstić information content (AvgIpc) is 3.74. The van der Waals surface area contributed by atoms with Gasteiger partial charge in [-0.05, 0) is 36.0 Å². The van der Waals surface area contributed by atoms with Crippen LogP contribution in [0.1, 0.15) is 42.5 Å². The fraction of sp³-hybridized carbons (Fsp3) is 0.258. The van der Waals surface area contributed by atoms with E-state index in [0.29, 0.717) is 12.5 Å². The SMILES string of the molecule is CC(=O)N(C)Cc1c(-c2ccccc2)nc2ccccc2c1CC(=O)N[C@H](c1ccccc1)C1CC1. The van der Waals surface area contributed by atoms with Gasteiger partial charge in [0, 0.05) is 37.0 Å². The monoisotopic (exact) mass is 477 g/mol. The van der Waals surface area contributed by atoms with E-state index in [-0.39, 0.29) is 24.3 Å². The lowest BCUT2D eigenvalue weighted by molar-refractivity contribution is -0.128. The average molecular weight is 478 g/mol. The zero-order chi connectivity index (χ0) is 25.1. The molecule has 0 bridgehead atoms. The molecule has 1 aliphatic carbocycles. The first-order chi connectivity index (χ1) is 17.5. The van der Waals surface area contributed by atoms with Crippen LogP contribution >= 0.6 is 0 Å². The Morgan fingerprint density at radius 3 is 2.22 bits per heavy atom. The van der Waals surface area contributed by atoms with Crippen LogP contribution in [0.2, 0.25) is 0 Å². The van der Waals surface area contributed by atoms with Gasteiger partial charge in [-0.1, -0.05) is 78.9 Å². The van der Waals surface area contributed by atoms with Crippen LogP contribution in [0.3, 0.4) is 0 Å². The van der Waals surface area contributed by atoms with Crippen molar-refractivity contribution in [1.29, 1.82) is 0 Å². The topological polar surface area (TPSA) is 62.3 Å². The van der Waals surface area contributed by atoms with E-state index < -0.39 is 0 Å². The van der Waals surface area contributed by atoms with Crippen LogP contribution in [-0.2, 0) is 22.6 Å². The van der Waals surface area contributed by atoms with Crippen LogP contribution in [0.25, 0.3) is 22.2 Å². The summed E-state index contributed by atoms with van der Waals surface area (Å²) in [5.74, 6) is 0.432. The highest BCUT2D eigenvalue weighted by atomic mass is 16.2. The molecule has 0 radical (unpaired) electrons. The Morgan fingerprint density at radius 1 is 0.917 bits per heavy atom. The Labute approximate surface area is 212 Å². The van der Waals surface area contributed by atoms with E-state index in [1.165, 1.54) is 0 Å². The number of carbonyl (C=O) groups excluding carboxylic acids is 2. The predicted molar refractivity (Wildman–Crippen MR) is 143 cm³/mol. The molecule has 1 saturated carbocycles. The van der Waals surface area contributed by atoms with Crippen molar-refractivity contribution in [3.05, 3.63) is 102 Å². The highest BCUT2D eigenvalue weighted by Gasteiger charge is 2.33. The normalized spacial score (nSPS) is 13.8. The lowest BCUT2D eigenvalue weighted by atomic mass is 9.93. The van der Waals surface area contributed by atoms with Crippen LogP contribution in [-0.4, -0.2) is 28.7 Å². The first-order valence-corrected chi connectivity index (χ1v) is 12.5. The zero-order valence-corrected chi connectivity index (χ0v) is 20.8. The largest absolute Gasteiger partial charge is 0.349 e. The second-order valence-electron chi connectivity index (χ2n) is 9.65. The number of nitrogens with zero attached hydrogens (tertiary/aromatic N) is 2. The molecule has 0 spiro atoms. The molecule has 4 aromatic rings. The van der Waals surface area contributed by atoms with Gasteiger partial charge in [0.05, 0.1) is 23.7 Å². The molecule has 1 fully saturated rings. The molecule has 0 unspecified atom stereocenters.